The first-order valence-corrected chi connectivity index (χ1v) is 17.3. The molecule has 0 aromatic carbocycles. The molecule has 210 valence electrons. The number of hydrogen-bond donors (Lipinski definition) is 0. The topological polar surface area (TPSA) is 98.8 Å². The highest BCUT2D eigenvalue weighted by molar-refractivity contribution is 7.86. The van der Waals surface area contributed by atoms with Crippen LogP contribution in [0.15, 0.2) is 11.6 Å². The summed E-state index contributed by atoms with van der Waals surface area (Å²) in [7, 11) is -3.18. The Kier molecular flexibility index (Phi) is 8.64. The van der Waals surface area contributed by atoms with Crippen LogP contribution in [-0.2, 0) is 42.4 Å². The molecule has 0 N–H and O–H groups in total. The number of allylic oxidation sites excluding steroid dienone is 1. The summed E-state index contributed by atoms with van der Waals surface area (Å²) in [5.74, 6) is -1.38. The molecule has 0 bridgehead atoms. The minimum absolute atomic E-state index is 0.0521. The van der Waals surface area contributed by atoms with Gasteiger partial charge in [-0.2, -0.15) is 8.42 Å². The average Bonchev–Trinajstić information content (AvgIpc) is 3.07. The van der Waals surface area contributed by atoms with Crippen molar-refractivity contribution < 1.29 is 40.7 Å². The van der Waals surface area contributed by atoms with E-state index in [0.29, 0.717) is 6.61 Å². The van der Waals surface area contributed by atoms with Crippen LogP contribution in [0, 0.1) is 10.8 Å². The monoisotopic (exact) mass is 550 g/mol. The summed E-state index contributed by atoms with van der Waals surface area (Å²) in [6.07, 6.45) is 3.37. The molecular weight excluding hydrogens is 504 g/mol. The number of methoxy groups -OCH3 is 2. The third kappa shape index (κ3) is 5.00. The van der Waals surface area contributed by atoms with Crippen LogP contribution in [0.5, 0.6) is 0 Å². The van der Waals surface area contributed by atoms with Gasteiger partial charge in [0.05, 0.1) is 30.5 Å². The molecule has 1 saturated heterocycles. The third-order valence-electron chi connectivity index (χ3n) is 8.95. The summed E-state index contributed by atoms with van der Waals surface area (Å²) >= 11 is 0. The lowest BCUT2D eigenvalue weighted by Crippen LogP contribution is -2.63. The van der Waals surface area contributed by atoms with E-state index in [1.165, 1.54) is 5.57 Å². The molecule has 2 aliphatic carbocycles. The van der Waals surface area contributed by atoms with Crippen LogP contribution in [0.4, 0.5) is 0 Å². The van der Waals surface area contributed by atoms with Gasteiger partial charge in [-0.05, 0) is 37.9 Å². The fourth-order valence-corrected chi connectivity index (χ4v) is 8.09. The van der Waals surface area contributed by atoms with E-state index in [1.807, 2.05) is 0 Å². The first-order valence-electron chi connectivity index (χ1n) is 12.6. The molecule has 0 unspecified atom stereocenters. The molecule has 0 aromatic rings. The normalized spacial score (nSPS) is 37.1. The Morgan fingerprint density at radius 1 is 1.14 bits per heavy atom. The molecule has 9 nitrogen and oxygen atoms in total. The molecule has 0 radical (unpaired) electrons. The van der Waals surface area contributed by atoms with Crippen LogP contribution in [0.25, 0.3) is 0 Å². The van der Waals surface area contributed by atoms with Gasteiger partial charge in [-0.3, -0.25) is 4.18 Å². The predicted octanol–water partition coefficient (Wildman–Crippen LogP) is 4.19. The zero-order valence-electron chi connectivity index (χ0n) is 23.6. The molecule has 1 aliphatic heterocycles. The first-order chi connectivity index (χ1) is 16.5. The molecular formula is C25H46O9SSi. The van der Waals surface area contributed by atoms with Gasteiger partial charge in [0, 0.05) is 26.1 Å². The van der Waals surface area contributed by atoms with Crippen molar-refractivity contribution in [3.63, 3.8) is 0 Å². The molecule has 3 rings (SSSR count). The smallest absolute Gasteiger partial charge is 0.264 e. The van der Waals surface area contributed by atoms with Gasteiger partial charge in [0.15, 0.2) is 14.1 Å². The van der Waals surface area contributed by atoms with Crippen molar-refractivity contribution in [3.05, 3.63) is 11.6 Å². The summed E-state index contributed by atoms with van der Waals surface area (Å²) in [6, 6.07) is 0. The van der Waals surface area contributed by atoms with Crippen molar-refractivity contribution in [3.8, 4) is 0 Å². The quantitative estimate of drug-likeness (QED) is 0.123. The number of fused-ring (bicyclic) bond motifs is 3. The first kappa shape index (κ1) is 30.2. The van der Waals surface area contributed by atoms with Crippen molar-refractivity contribution in [1.82, 2.24) is 0 Å². The van der Waals surface area contributed by atoms with Gasteiger partial charge in [-0.15, -0.1) is 0 Å². The van der Waals surface area contributed by atoms with Gasteiger partial charge >= 0.3 is 0 Å². The summed E-state index contributed by atoms with van der Waals surface area (Å²) < 4.78 is 67.9. The van der Waals surface area contributed by atoms with Crippen LogP contribution in [0.2, 0.25) is 18.1 Å². The van der Waals surface area contributed by atoms with Gasteiger partial charge in [0.1, 0.15) is 19.7 Å². The van der Waals surface area contributed by atoms with Crippen molar-refractivity contribution in [2.45, 2.75) is 96.1 Å². The van der Waals surface area contributed by atoms with Gasteiger partial charge in [0.2, 0.25) is 0 Å². The zero-order chi connectivity index (χ0) is 27.2. The van der Waals surface area contributed by atoms with E-state index in [0.717, 1.165) is 19.1 Å². The largest absolute Gasteiger partial charge is 0.387 e. The van der Waals surface area contributed by atoms with E-state index in [4.69, 9.17) is 32.3 Å². The summed E-state index contributed by atoms with van der Waals surface area (Å²) in [5.41, 5.74) is -0.177. The van der Waals surface area contributed by atoms with E-state index in [9.17, 15) is 8.42 Å². The minimum Gasteiger partial charge on any atom is -0.387 e. The maximum absolute atomic E-state index is 12.5. The molecule has 36 heavy (non-hydrogen) atoms. The molecule has 0 amide bonds. The zero-order valence-corrected chi connectivity index (χ0v) is 25.5. The van der Waals surface area contributed by atoms with Crippen LogP contribution in [0.3, 0.4) is 0 Å². The van der Waals surface area contributed by atoms with Crippen molar-refractivity contribution in [2.75, 3.05) is 40.7 Å². The molecule has 3 aliphatic rings. The van der Waals surface area contributed by atoms with E-state index < -0.39 is 47.3 Å². The molecule has 11 heteroatoms. The van der Waals surface area contributed by atoms with E-state index in [-0.39, 0.29) is 31.1 Å². The van der Waals surface area contributed by atoms with Gasteiger partial charge in [-0.25, -0.2) is 0 Å². The van der Waals surface area contributed by atoms with E-state index in [2.05, 4.69) is 53.8 Å². The van der Waals surface area contributed by atoms with Crippen molar-refractivity contribution in [2.24, 2.45) is 10.8 Å². The Morgan fingerprint density at radius 3 is 2.33 bits per heavy atom. The predicted molar refractivity (Wildman–Crippen MR) is 138 cm³/mol. The number of ether oxygens (including phenoxy) is 5. The van der Waals surface area contributed by atoms with Crippen molar-refractivity contribution in [1.29, 1.82) is 0 Å². The Morgan fingerprint density at radius 2 is 1.78 bits per heavy atom. The SMILES string of the molecule is COCOC[C@]12CCC(C)=C[C@H]1O[C@]1(O[Si](C)(C)C(C)(C)C)[C@@H](OS(C)(=O)=O)C[C@@H](OCOC)[C@]21C. The maximum Gasteiger partial charge on any atom is 0.264 e. The van der Waals surface area contributed by atoms with Gasteiger partial charge in [-0.1, -0.05) is 39.3 Å². The molecule has 0 spiro atoms. The molecule has 2 fully saturated rings. The third-order valence-corrected chi connectivity index (χ3v) is 14.0. The van der Waals surface area contributed by atoms with Crippen LogP contribution in [-0.4, -0.2) is 81.5 Å². The average molecular weight is 551 g/mol. The number of hydrogen-bond acceptors (Lipinski definition) is 9. The lowest BCUT2D eigenvalue weighted by molar-refractivity contribution is -0.257. The van der Waals surface area contributed by atoms with Crippen molar-refractivity contribution >= 4 is 18.4 Å². The van der Waals surface area contributed by atoms with Gasteiger partial charge < -0.3 is 28.1 Å². The second-order valence-corrected chi connectivity index (χ2v) is 18.6. The lowest BCUT2D eigenvalue weighted by atomic mass is 9.56. The van der Waals surface area contributed by atoms with Crippen LogP contribution < -0.4 is 0 Å². The fourth-order valence-electron chi connectivity index (χ4n) is 6.00. The Balaban J connectivity index is 2.27. The Labute approximate surface area is 218 Å². The summed E-state index contributed by atoms with van der Waals surface area (Å²) in [5, 5.41) is -0.160. The Hall–Kier alpha value is -0.373. The molecule has 6 atom stereocenters. The van der Waals surface area contributed by atoms with Crippen LogP contribution in [0.1, 0.15) is 53.9 Å². The maximum atomic E-state index is 12.5. The highest BCUT2D eigenvalue weighted by atomic mass is 32.2. The Bertz CT molecular complexity index is 930. The molecule has 0 aromatic heterocycles. The van der Waals surface area contributed by atoms with Gasteiger partial charge in [0.25, 0.3) is 10.1 Å². The standard InChI is InChI=1S/C25H46O9SSi/c1-18-11-12-24(15-30-16-28-6)20(13-18)32-25(34-36(9,10)22(2,3)4)21(33-35(8,26)27)14-19(23(24,25)5)31-17-29-7/h13,19-21H,11-12,14-17H2,1-10H3/t19-,20-,21+,23-,24-,25+/m1/s1. The fraction of sp³-hybridized carbons (Fsp3) is 0.920. The minimum atomic E-state index is -3.83. The molecule has 1 saturated carbocycles. The summed E-state index contributed by atoms with van der Waals surface area (Å²) in [4.78, 5) is 0. The highest BCUT2D eigenvalue weighted by Gasteiger charge is 2.81. The van der Waals surface area contributed by atoms with E-state index in [1.54, 1.807) is 14.2 Å². The van der Waals surface area contributed by atoms with E-state index >= 15 is 0 Å². The second-order valence-electron chi connectivity index (χ2n) is 12.3. The summed E-state index contributed by atoms with van der Waals surface area (Å²) in [6.45, 7) is 15.4. The second kappa shape index (κ2) is 10.3. The van der Waals surface area contributed by atoms with Crippen LogP contribution >= 0.6 is 0 Å². The number of rotatable bonds is 11. The molecule has 1 heterocycles. The lowest BCUT2D eigenvalue weighted by Gasteiger charge is -2.53. The highest BCUT2D eigenvalue weighted by Crippen LogP contribution is 2.71.